The number of benzene rings is 2. The SMILES string of the molecule is O=C(O)Cn1cc(C(C(=O)O)N2CCN(CC=Cc3ccccc3)CC2)c2ccc(F)cc21. The molecule has 0 radical (unpaired) electrons. The molecule has 2 aromatic carbocycles. The van der Waals surface area contributed by atoms with Crippen LogP contribution < -0.4 is 0 Å². The van der Waals surface area contributed by atoms with Crippen LogP contribution in [0.3, 0.4) is 0 Å². The molecule has 1 saturated heterocycles. The number of hydrogen-bond acceptors (Lipinski definition) is 4. The second-order valence-electron chi connectivity index (χ2n) is 8.16. The zero-order valence-electron chi connectivity index (χ0n) is 18.1. The Bertz CT molecular complexity index is 1170. The van der Waals surface area contributed by atoms with Crippen molar-refractivity contribution < 1.29 is 24.2 Å². The average molecular weight is 451 g/mol. The molecule has 0 amide bonds. The molecule has 8 heteroatoms. The Morgan fingerprint density at radius 1 is 1.03 bits per heavy atom. The number of piperazine rings is 1. The molecule has 172 valence electrons. The van der Waals surface area contributed by atoms with Crippen molar-refractivity contribution in [3.8, 4) is 0 Å². The van der Waals surface area contributed by atoms with E-state index >= 15 is 0 Å². The minimum Gasteiger partial charge on any atom is -0.480 e. The molecule has 4 rings (SSSR count). The number of aliphatic carboxylic acids is 2. The molecule has 0 aliphatic carbocycles. The van der Waals surface area contributed by atoms with Crippen molar-refractivity contribution in [2.45, 2.75) is 12.6 Å². The number of fused-ring (bicyclic) bond motifs is 1. The average Bonchev–Trinajstić information content (AvgIpc) is 3.12. The van der Waals surface area contributed by atoms with Crippen LogP contribution in [0, 0.1) is 5.82 Å². The first-order valence-electron chi connectivity index (χ1n) is 10.8. The number of carbonyl (C=O) groups is 2. The Kier molecular flexibility index (Phi) is 6.86. The van der Waals surface area contributed by atoms with Crippen LogP contribution in [0.4, 0.5) is 4.39 Å². The van der Waals surface area contributed by atoms with Crippen LogP contribution in [-0.4, -0.2) is 69.2 Å². The van der Waals surface area contributed by atoms with Gasteiger partial charge in [0.1, 0.15) is 18.4 Å². The molecule has 1 fully saturated rings. The van der Waals surface area contributed by atoms with Crippen molar-refractivity contribution in [2.24, 2.45) is 0 Å². The highest BCUT2D eigenvalue weighted by atomic mass is 19.1. The van der Waals surface area contributed by atoms with E-state index in [2.05, 4.69) is 17.1 Å². The fraction of sp³-hybridized carbons (Fsp3) is 0.280. The quantitative estimate of drug-likeness (QED) is 0.547. The monoisotopic (exact) mass is 451 g/mol. The zero-order valence-corrected chi connectivity index (χ0v) is 18.1. The highest BCUT2D eigenvalue weighted by Gasteiger charge is 2.32. The Labute approximate surface area is 191 Å². The standard InChI is InChI=1S/C25H26FN3O4/c26-19-8-9-20-21(16-29(17-23(30)31)22(20)15-19)24(25(32)33)28-13-11-27(12-14-28)10-4-7-18-5-2-1-3-6-18/h1-9,15-16,24H,10-14,17H2,(H,30,31)(H,32,33). The van der Waals surface area contributed by atoms with E-state index in [1.165, 1.54) is 29.0 Å². The predicted molar refractivity (Wildman–Crippen MR) is 123 cm³/mol. The van der Waals surface area contributed by atoms with Crippen LogP contribution in [-0.2, 0) is 16.1 Å². The molecule has 1 aliphatic heterocycles. The number of hydrogen-bond donors (Lipinski definition) is 2. The lowest BCUT2D eigenvalue weighted by Gasteiger charge is -2.37. The second kappa shape index (κ2) is 9.97. The van der Waals surface area contributed by atoms with E-state index in [-0.39, 0.29) is 6.54 Å². The summed E-state index contributed by atoms with van der Waals surface area (Å²) in [5, 5.41) is 19.8. The molecule has 2 N–H and O–H groups in total. The summed E-state index contributed by atoms with van der Waals surface area (Å²) in [5.74, 6) is -2.58. The van der Waals surface area contributed by atoms with Gasteiger partial charge in [-0.1, -0.05) is 42.5 Å². The van der Waals surface area contributed by atoms with Gasteiger partial charge < -0.3 is 14.8 Å². The van der Waals surface area contributed by atoms with Crippen LogP contribution >= 0.6 is 0 Å². The van der Waals surface area contributed by atoms with Crippen molar-refractivity contribution >= 4 is 28.9 Å². The molecule has 1 atom stereocenters. The highest BCUT2D eigenvalue weighted by Crippen LogP contribution is 2.32. The van der Waals surface area contributed by atoms with Crippen molar-refractivity contribution in [1.29, 1.82) is 0 Å². The first kappa shape index (κ1) is 22.7. The fourth-order valence-corrected chi connectivity index (χ4v) is 4.38. The number of aromatic nitrogens is 1. The maximum Gasteiger partial charge on any atom is 0.325 e. The molecule has 7 nitrogen and oxygen atoms in total. The molecule has 33 heavy (non-hydrogen) atoms. The zero-order chi connectivity index (χ0) is 23.4. The topological polar surface area (TPSA) is 86.0 Å². The third kappa shape index (κ3) is 5.30. The Hall–Kier alpha value is -3.49. The number of carboxylic acid groups (broad SMARTS) is 2. The van der Waals surface area contributed by atoms with Gasteiger partial charge in [-0.15, -0.1) is 0 Å². The van der Waals surface area contributed by atoms with Gasteiger partial charge in [0.2, 0.25) is 0 Å². The number of halogens is 1. The first-order valence-corrected chi connectivity index (χ1v) is 10.8. The summed E-state index contributed by atoms with van der Waals surface area (Å²) in [4.78, 5) is 27.7. The smallest absolute Gasteiger partial charge is 0.325 e. The van der Waals surface area contributed by atoms with Gasteiger partial charge in [-0.05, 0) is 23.8 Å². The largest absolute Gasteiger partial charge is 0.480 e. The molecule has 2 heterocycles. The predicted octanol–water partition coefficient (Wildman–Crippen LogP) is 3.32. The molecule has 1 unspecified atom stereocenters. The highest BCUT2D eigenvalue weighted by molar-refractivity contribution is 5.90. The lowest BCUT2D eigenvalue weighted by molar-refractivity contribution is -0.144. The van der Waals surface area contributed by atoms with Gasteiger partial charge >= 0.3 is 11.9 Å². The number of rotatable bonds is 8. The van der Waals surface area contributed by atoms with E-state index in [1.54, 1.807) is 0 Å². The fourth-order valence-electron chi connectivity index (χ4n) is 4.38. The van der Waals surface area contributed by atoms with Crippen molar-refractivity contribution in [2.75, 3.05) is 32.7 Å². The molecule has 1 aromatic heterocycles. The van der Waals surface area contributed by atoms with Crippen LogP contribution in [0.1, 0.15) is 17.2 Å². The van der Waals surface area contributed by atoms with Gasteiger partial charge in [-0.25, -0.2) is 4.39 Å². The van der Waals surface area contributed by atoms with E-state index in [1.807, 2.05) is 35.2 Å². The summed E-state index contributed by atoms with van der Waals surface area (Å²) in [6.45, 7) is 2.95. The van der Waals surface area contributed by atoms with E-state index in [0.29, 0.717) is 42.6 Å². The molecular formula is C25H26FN3O4. The lowest BCUT2D eigenvalue weighted by atomic mass is 10.0. The number of carboxylic acids is 2. The number of nitrogens with zero attached hydrogens (tertiary/aromatic N) is 3. The van der Waals surface area contributed by atoms with Gasteiger partial charge in [0.25, 0.3) is 0 Å². The minimum absolute atomic E-state index is 0.367. The van der Waals surface area contributed by atoms with Crippen molar-refractivity contribution in [1.82, 2.24) is 14.4 Å². The van der Waals surface area contributed by atoms with E-state index in [9.17, 15) is 24.2 Å². The van der Waals surface area contributed by atoms with Crippen LogP contribution in [0.5, 0.6) is 0 Å². The van der Waals surface area contributed by atoms with E-state index < -0.39 is 23.8 Å². The summed E-state index contributed by atoms with van der Waals surface area (Å²) in [6, 6.07) is 13.2. The summed E-state index contributed by atoms with van der Waals surface area (Å²) < 4.78 is 15.2. The van der Waals surface area contributed by atoms with Gasteiger partial charge in [0, 0.05) is 49.9 Å². The molecule has 0 bridgehead atoms. The Morgan fingerprint density at radius 2 is 1.76 bits per heavy atom. The third-order valence-electron chi connectivity index (χ3n) is 5.95. The van der Waals surface area contributed by atoms with Gasteiger partial charge in [0.05, 0.1) is 5.52 Å². The second-order valence-corrected chi connectivity index (χ2v) is 8.16. The van der Waals surface area contributed by atoms with Crippen molar-refractivity contribution in [3.63, 3.8) is 0 Å². The maximum atomic E-state index is 13.8. The first-order chi connectivity index (χ1) is 15.9. The lowest BCUT2D eigenvalue weighted by Crippen LogP contribution is -2.49. The summed E-state index contributed by atoms with van der Waals surface area (Å²) in [5.41, 5.74) is 2.00. The van der Waals surface area contributed by atoms with Gasteiger partial charge in [0.15, 0.2) is 0 Å². The van der Waals surface area contributed by atoms with Crippen LogP contribution in [0.25, 0.3) is 17.0 Å². The van der Waals surface area contributed by atoms with Crippen molar-refractivity contribution in [3.05, 3.63) is 77.7 Å². The van der Waals surface area contributed by atoms with E-state index in [4.69, 9.17) is 0 Å². The Balaban J connectivity index is 1.50. The van der Waals surface area contributed by atoms with Gasteiger partial charge in [-0.2, -0.15) is 0 Å². The maximum absolute atomic E-state index is 13.8. The normalized spacial score (nSPS) is 16.4. The van der Waals surface area contributed by atoms with Crippen LogP contribution in [0.2, 0.25) is 0 Å². The third-order valence-corrected chi connectivity index (χ3v) is 5.95. The van der Waals surface area contributed by atoms with Crippen LogP contribution in [0.15, 0.2) is 60.8 Å². The summed E-state index contributed by atoms with van der Waals surface area (Å²) in [7, 11) is 0. The minimum atomic E-state index is -1.08. The van der Waals surface area contributed by atoms with Gasteiger partial charge in [-0.3, -0.25) is 19.4 Å². The summed E-state index contributed by atoms with van der Waals surface area (Å²) >= 11 is 0. The molecule has 0 saturated carbocycles. The molecule has 1 aliphatic rings. The Morgan fingerprint density at radius 3 is 2.42 bits per heavy atom. The molecular weight excluding hydrogens is 425 g/mol. The molecule has 3 aromatic rings. The van der Waals surface area contributed by atoms with E-state index in [0.717, 1.165) is 12.1 Å². The molecule has 0 spiro atoms. The summed E-state index contributed by atoms with van der Waals surface area (Å²) in [6.07, 6.45) is 5.71.